The summed E-state index contributed by atoms with van der Waals surface area (Å²) in [6.07, 6.45) is 0.983. The fourth-order valence-corrected chi connectivity index (χ4v) is 2.39. The first-order chi connectivity index (χ1) is 6.63. The molecule has 1 nitrogen and oxygen atoms in total. The van der Waals surface area contributed by atoms with Crippen LogP contribution < -0.4 is 5.73 Å². The Hall–Kier alpha value is -0.470. The third-order valence-electron chi connectivity index (χ3n) is 1.99. The van der Waals surface area contributed by atoms with Gasteiger partial charge in [0.25, 0.3) is 0 Å². The SMILES string of the molecule is Cc1ccc(SC(C)C)c(CCN)c1. The Morgan fingerprint density at radius 3 is 2.64 bits per heavy atom. The van der Waals surface area contributed by atoms with Crippen LogP contribution in [0.1, 0.15) is 25.0 Å². The van der Waals surface area contributed by atoms with E-state index in [4.69, 9.17) is 5.73 Å². The average Bonchev–Trinajstić information content (AvgIpc) is 2.09. The molecule has 0 unspecified atom stereocenters. The molecule has 2 N–H and O–H groups in total. The summed E-state index contributed by atoms with van der Waals surface area (Å²) in [4.78, 5) is 1.39. The van der Waals surface area contributed by atoms with Gasteiger partial charge in [-0.25, -0.2) is 0 Å². The van der Waals surface area contributed by atoms with Crippen molar-refractivity contribution in [1.82, 2.24) is 0 Å². The number of aryl methyl sites for hydroxylation is 1. The molecule has 0 aliphatic rings. The van der Waals surface area contributed by atoms with Crippen LogP contribution in [-0.4, -0.2) is 11.8 Å². The van der Waals surface area contributed by atoms with Crippen molar-refractivity contribution in [2.45, 2.75) is 37.3 Å². The van der Waals surface area contributed by atoms with E-state index in [1.54, 1.807) is 0 Å². The van der Waals surface area contributed by atoms with Gasteiger partial charge in [-0.3, -0.25) is 0 Å². The van der Waals surface area contributed by atoms with Crippen molar-refractivity contribution in [3.8, 4) is 0 Å². The number of nitrogens with two attached hydrogens (primary N) is 1. The molecule has 0 radical (unpaired) electrons. The minimum atomic E-state index is 0.634. The smallest absolute Gasteiger partial charge is 0.0107 e. The Kier molecular flexibility index (Phi) is 4.49. The first-order valence-corrected chi connectivity index (χ1v) is 5.97. The van der Waals surface area contributed by atoms with Crippen LogP contribution in [0.4, 0.5) is 0 Å². The molecule has 0 spiro atoms. The number of thioether (sulfide) groups is 1. The predicted octanol–water partition coefficient (Wildman–Crippen LogP) is 3.00. The molecule has 0 aliphatic heterocycles. The highest BCUT2D eigenvalue weighted by Gasteiger charge is 2.04. The van der Waals surface area contributed by atoms with Gasteiger partial charge < -0.3 is 5.73 Å². The van der Waals surface area contributed by atoms with Crippen LogP contribution in [0.25, 0.3) is 0 Å². The van der Waals surface area contributed by atoms with Crippen molar-refractivity contribution in [2.24, 2.45) is 5.73 Å². The number of benzene rings is 1. The van der Waals surface area contributed by atoms with Gasteiger partial charge in [-0.1, -0.05) is 31.5 Å². The van der Waals surface area contributed by atoms with E-state index in [1.807, 2.05) is 11.8 Å². The van der Waals surface area contributed by atoms with E-state index >= 15 is 0 Å². The van der Waals surface area contributed by atoms with Gasteiger partial charge in [-0.2, -0.15) is 0 Å². The van der Waals surface area contributed by atoms with Crippen molar-refractivity contribution in [3.05, 3.63) is 29.3 Å². The lowest BCUT2D eigenvalue weighted by Gasteiger charge is -2.11. The lowest BCUT2D eigenvalue weighted by molar-refractivity contribution is 0.939. The van der Waals surface area contributed by atoms with Gasteiger partial charge in [-0.05, 0) is 31.5 Å². The van der Waals surface area contributed by atoms with Gasteiger partial charge in [-0.15, -0.1) is 11.8 Å². The molecular weight excluding hydrogens is 190 g/mol. The molecule has 1 aromatic carbocycles. The lowest BCUT2D eigenvalue weighted by Crippen LogP contribution is -2.04. The Bertz CT molecular complexity index is 294. The molecule has 14 heavy (non-hydrogen) atoms. The molecule has 2 heteroatoms. The third kappa shape index (κ3) is 3.35. The summed E-state index contributed by atoms with van der Waals surface area (Å²) in [5.74, 6) is 0. The van der Waals surface area contributed by atoms with E-state index in [0.717, 1.165) is 13.0 Å². The Morgan fingerprint density at radius 2 is 2.07 bits per heavy atom. The van der Waals surface area contributed by atoms with E-state index in [-0.39, 0.29) is 0 Å². The monoisotopic (exact) mass is 209 g/mol. The third-order valence-corrected chi connectivity index (χ3v) is 3.12. The van der Waals surface area contributed by atoms with E-state index < -0.39 is 0 Å². The zero-order valence-corrected chi connectivity index (χ0v) is 10.0. The van der Waals surface area contributed by atoms with Gasteiger partial charge in [0.2, 0.25) is 0 Å². The largest absolute Gasteiger partial charge is 0.330 e. The quantitative estimate of drug-likeness (QED) is 0.771. The first-order valence-electron chi connectivity index (χ1n) is 5.09. The highest BCUT2D eigenvalue weighted by Crippen LogP contribution is 2.27. The summed E-state index contributed by atoms with van der Waals surface area (Å²) in [5, 5.41) is 0.634. The number of hydrogen-bond donors (Lipinski definition) is 1. The van der Waals surface area contributed by atoms with Gasteiger partial charge >= 0.3 is 0 Å². The molecule has 0 bridgehead atoms. The molecule has 0 saturated carbocycles. The zero-order chi connectivity index (χ0) is 10.6. The maximum Gasteiger partial charge on any atom is 0.0107 e. The van der Waals surface area contributed by atoms with E-state index in [0.29, 0.717) is 5.25 Å². The number of rotatable bonds is 4. The molecule has 1 rings (SSSR count). The van der Waals surface area contributed by atoms with Crippen LogP contribution in [-0.2, 0) is 6.42 Å². The zero-order valence-electron chi connectivity index (χ0n) is 9.21. The minimum Gasteiger partial charge on any atom is -0.330 e. The fourth-order valence-electron chi connectivity index (χ4n) is 1.43. The highest BCUT2D eigenvalue weighted by atomic mass is 32.2. The average molecular weight is 209 g/mol. The van der Waals surface area contributed by atoms with Crippen LogP contribution in [0.2, 0.25) is 0 Å². The van der Waals surface area contributed by atoms with Crippen LogP contribution in [0, 0.1) is 6.92 Å². The van der Waals surface area contributed by atoms with Crippen LogP contribution in [0.15, 0.2) is 23.1 Å². The summed E-state index contributed by atoms with van der Waals surface area (Å²) in [6.45, 7) is 7.30. The van der Waals surface area contributed by atoms with Gasteiger partial charge in [0.05, 0.1) is 0 Å². The maximum atomic E-state index is 5.60. The maximum absolute atomic E-state index is 5.60. The highest BCUT2D eigenvalue weighted by molar-refractivity contribution is 8.00. The molecule has 1 aromatic rings. The lowest BCUT2D eigenvalue weighted by atomic mass is 10.1. The standard InChI is InChI=1S/C12H19NS/c1-9(2)14-12-5-4-10(3)8-11(12)6-7-13/h4-5,8-9H,6-7,13H2,1-3H3. The summed E-state index contributed by atoms with van der Waals surface area (Å²) in [7, 11) is 0. The Labute approximate surface area is 91.1 Å². The Morgan fingerprint density at radius 1 is 1.36 bits per heavy atom. The number of hydrogen-bond acceptors (Lipinski definition) is 2. The summed E-state index contributed by atoms with van der Waals surface area (Å²) < 4.78 is 0. The topological polar surface area (TPSA) is 26.0 Å². The second kappa shape index (κ2) is 5.42. The second-order valence-corrected chi connectivity index (χ2v) is 5.43. The first kappa shape index (κ1) is 11.6. The van der Waals surface area contributed by atoms with Crippen LogP contribution in [0.3, 0.4) is 0 Å². The molecule has 0 fully saturated rings. The van der Waals surface area contributed by atoms with Crippen molar-refractivity contribution in [2.75, 3.05) is 6.54 Å². The van der Waals surface area contributed by atoms with Crippen molar-refractivity contribution >= 4 is 11.8 Å². The van der Waals surface area contributed by atoms with Crippen LogP contribution in [0.5, 0.6) is 0 Å². The summed E-state index contributed by atoms with van der Waals surface area (Å²) in [5.41, 5.74) is 8.32. The molecular formula is C12H19NS. The molecule has 0 heterocycles. The molecule has 0 amide bonds. The Balaban J connectivity index is 2.89. The molecule has 0 saturated heterocycles. The van der Waals surface area contributed by atoms with E-state index in [9.17, 15) is 0 Å². The molecule has 0 aliphatic carbocycles. The van der Waals surface area contributed by atoms with Crippen LogP contribution >= 0.6 is 11.8 Å². The normalized spacial score (nSPS) is 10.9. The van der Waals surface area contributed by atoms with Crippen molar-refractivity contribution in [3.63, 3.8) is 0 Å². The van der Waals surface area contributed by atoms with E-state index in [1.165, 1.54) is 16.0 Å². The predicted molar refractivity (Wildman–Crippen MR) is 64.9 cm³/mol. The summed E-state index contributed by atoms with van der Waals surface area (Å²) >= 11 is 1.92. The van der Waals surface area contributed by atoms with E-state index in [2.05, 4.69) is 39.0 Å². The molecule has 0 atom stereocenters. The van der Waals surface area contributed by atoms with Gasteiger partial charge in [0, 0.05) is 10.1 Å². The van der Waals surface area contributed by atoms with Gasteiger partial charge in [0.1, 0.15) is 0 Å². The van der Waals surface area contributed by atoms with Crippen molar-refractivity contribution in [1.29, 1.82) is 0 Å². The molecule has 0 aromatic heterocycles. The fraction of sp³-hybridized carbons (Fsp3) is 0.500. The second-order valence-electron chi connectivity index (χ2n) is 3.82. The molecule has 78 valence electrons. The van der Waals surface area contributed by atoms with Gasteiger partial charge in [0.15, 0.2) is 0 Å². The summed E-state index contributed by atoms with van der Waals surface area (Å²) in [6, 6.07) is 6.63. The van der Waals surface area contributed by atoms with Crippen molar-refractivity contribution < 1.29 is 0 Å². The minimum absolute atomic E-state index is 0.634.